The lowest BCUT2D eigenvalue weighted by Gasteiger charge is -2.26. The molecule has 0 spiro atoms. The second kappa shape index (κ2) is 8.90. The zero-order valence-corrected chi connectivity index (χ0v) is 18.2. The average molecular weight is 429 g/mol. The summed E-state index contributed by atoms with van der Waals surface area (Å²) in [5, 5.41) is 11.3. The molecule has 0 saturated carbocycles. The van der Waals surface area contributed by atoms with E-state index < -0.39 is 17.7 Å². The highest BCUT2D eigenvalue weighted by Crippen LogP contribution is 2.40. The standard InChI is InChI=1S/C23H25ClN2O4/c1-14-5-7-15(8-6-14)20-19(22(28)23(29)26(20)12-11-25(2)3)21(27)16-9-10-18(30-4)17(24)13-16/h5-10,13,20,27H,11-12H2,1-4H3/b21-19+/t20-/m1/s1. The van der Waals surface area contributed by atoms with Gasteiger partial charge in [-0.2, -0.15) is 0 Å². The first-order valence-electron chi connectivity index (χ1n) is 9.58. The maximum absolute atomic E-state index is 13.0. The molecule has 2 aromatic rings. The number of benzene rings is 2. The van der Waals surface area contributed by atoms with Gasteiger partial charge in [-0.1, -0.05) is 41.4 Å². The van der Waals surface area contributed by atoms with E-state index >= 15 is 0 Å². The predicted molar refractivity (Wildman–Crippen MR) is 117 cm³/mol. The van der Waals surface area contributed by atoms with Crippen LogP contribution in [0.5, 0.6) is 5.75 Å². The van der Waals surface area contributed by atoms with Crippen LogP contribution in [0.15, 0.2) is 48.0 Å². The smallest absolute Gasteiger partial charge is 0.295 e. The predicted octanol–water partition coefficient (Wildman–Crippen LogP) is 3.64. The molecule has 1 aliphatic heterocycles. The topological polar surface area (TPSA) is 70.1 Å². The summed E-state index contributed by atoms with van der Waals surface area (Å²) < 4.78 is 5.15. The molecule has 30 heavy (non-hydrogen) atoms. The highest BCUT2D eigenvalue weighted by molar-refractivity contribution is 6.46. The minimum Gasteiger partial charge on any atom is -0.507 e. The van der Waals surface area contributed by atoms with E-state index in [1.807, 2.05) is 50.2 Å². The number of likely N-dealkylation sites (tertiary alicyclic amines) is 1. The third-order valence-electron chi connectivity index (χ3n) is 5.15. The van der Waals surface area contributed by atoms with Crippen LogP contribution in [-0.2, 0) is 9.59 Å². The van der Waals surface area contributed by atoms with Crippen LogP contribution >= 0.6 is 11.6 Å². The fourth-order valence-corrected chi connectivity index (χ4v) is 3.74. The molecule has 0 aliphatic carbocycles. The second-order valence-electron chi connectivity index (χ2n) is 7.56. The lowest BCUT2D eigenvalue weighted by Crippen LogP contribution is -2.35. The Balaban J connectivity index is 2.14. The maximum Gasteiger partial charge on any atom is 0.295 e. The van der Waals surface area contributed by atoms with Gasteiger partial charge in [0.15, 0.2) is 0 Å². The number of hydrogen-bond donors (Lipinski definition) is 1. The quantitative estimate of drug-likeness (QED) is 0.432. The second-order valence-corrected chi connectivity index (χ2v) is 7.96. The van der Waals surface area contributed by atoms with Gasteiger partial charge in [-0.15, -0.1) is 0 Å². The van der Waals surface area contributed by atoms with E-state index in [1.165, 1.54) is 18.1 Å². The third kappa shape index (κ3) is 4.20. The number of amides is 1. The molecule has 1 saturated heterocycles. The molecule has 1 fully saturated rings. The molecule has 0 radical (unpaired) electrons. The molecule has 7 heteroatoms. The molecular formula is C23H25ClN2O4. The Labute approximate surface area is 181 Å². The number of ether oxygens (including phenoxy) is 1. The molecular weight excluding hydrogens is 404 g/mol. The molecule has 0 bridgehead atoms. The first-order valence-corrected chi connectivity index (χ1v) is 9.96. The number of Topliss-reactive ketones (excluding diaryl/α,β-unsaturated/α-hetero) is 1. The third-order valence-corrected chi connectivity index (χ3v) is 5.44. The van der Waals surface area contributed by atoms with Crippen molar-refractivity contribution in [3.8, 4) is 5.75 Å². The fourth-order valence-electron chi connectivity index (χ4n) is 3.48. The number of ketones is 1. The van der Waals surface area contributed by atoms with Gasteiger partial charge in [0.05, 0.1) is 23.7 Å². The normalized spacial score (nSPS) is 18.3. The number of likely N-dealkylation sites (N-methyl/N-ethyl adjacent to an activating group) is 1. The van der Waals surface area contributed by atoms with Crippen LogP contribution in [0.25, 0.3) is 5.76 Å². The molecule has 3 rings (SSSR count). The number of aliphatic hydroxyl groups excluding tert-OH is 1. The molecule has 1 heterocycles. The number of rotatable bonds is 6. The SMILES string of the molecule is COc1ccc(/C(O)=C2\C(=O)C(=O)N(CCN(C)C)[C@@H]2c2ccc(C)cc2)cc1Cl. The summed E-state index contributed by atoms with van der Waals surface area (Å²) in [6, 6.07) is 11.7. The number of aryl methyl sites for hydroxylation is 1. The zero-order chi connectivity index (χ0) is 22.0. The molecule has 1 amide bonds. The van der Waals surface area contributed by atoms with Crippen molar-refractivity contribution in [1.29, 1.82) is 0 Å². The number of hydrogen-bond acceptors (Lipinski definition) is 5. The number of halogens is 1. The Hall–Kier alpha value is -2.83. The van der Waals surface area contributed by atoms with Gasteiger partial charge in [-0.25, -0.2) is 0 Å². The average Bonchev–Trinajstić information content (AvgIpc) is 2.96. The van der Waals surface area contributed by atoms with Crippen molar-refractivity contribution in [2.45, 2.75) is 13.0 Å². The van der Waals surface area contributed by atoms with Crippen LogP contribution < -0.4 is 4.74 Å². The van der Waals surface area contributed by atoms with Gasteiger partial charge in [-0.3, -0.25) is 9.59 Å². The fraction of sp³-hybridized carbons (Fsp3) is 0.304. The van der Waals surface area contributed by atoms with Crippen molar-refractivity contribution in [1.82, 2.24) is 9.80 Å². The molecule has 0 unspecified atom stereocenters. The molecule has 1 atom stereocenters. The van der Waals surface area contributed by atoms with Crippen molar-refractivity contribution >= 4 is 29.1 Å². The van der Waals surface area contributed by atoms with E-state index in [-0.39, 0.29) is 11.3 Å². The molecule has 1 aliphatic rings. The van der Waals surface area contributed by atoms with Gasteiger partial charge in [-0.05, 0) is 44.8 Å². The summed E-state index contributed by atoms with van der Waals surface area (Å²) in [4.78, 5) is 29.3. The van der Waals surface area contributed by atoms with Gasteiger partial charge >= 0.3 is 0 Å². The van der Waals surface area contributed by atoms with E-state index in [4.69, 9.17) is 16.3 Å². The van der Waals surface area contributed by atoms with Crippen LogP contribution in [0.1, 0.15) is 22.7 Å². The lowest BCUT2D eigenvalue weighted by molar-refractivity contribution is -0.140. The molecule has 0 aromatic heterocycles. The van der Waals surface area contributed by atoms with E-state index in [0.29, 0.717) is 29.4 Å². The number of aliphatic hydroxyl groups is 1. The first kappa shape index (κ1) is 21.9. The Morgan fingerprint density at radius 3 is 2.40 bits per heavy atom. The van der Waals surface area contributed by atoms with Gasteiger partial charge < -0.3 is 19.6 Å². The van der Waals surface area contributed by atoms with Crippen LogP contribution in [-0.4, -0.2) is 60.9 Å². The van der Waals surface area contributed by atoms with E-state index in [0.717, 1.165) is 11.1 Å². The summed E-state index contributed by atoms with van der Waals surface area (Å²) in [5.41, 5.74) is 2.23. The van der Waals surface area contributed by atoms with Crippen molar-refractivity contribution in [2.75, 3.05) is 34.3 Å². The van der Waals surface area contributed by atoms with Crippen LogP contribution in [0, 0.1) is 6.92 Å². The maximum atomic E-state index is 13.0. The van der Waals surface area contributed by atoms with Crippen molar-refractivity contribution in [2.24, 2.45) is 0 Å². The van der Waals surface area contributed by atoms with Crippen molar-refractivity contribution < 1.29 is 19.4 Å². The number of methoxy groups -OCH3 is 1. The number of nitrogens with zero attached hydrogens (tertiary/aromatic N) is 2. The number of carbonyl (C=O) groups excluding carboxylic acids is 2. The van der Waals surface area contributed by atoms with Gasteiger partial charge in [0.1, 0.15) is 11.5 Å². The first-order chi connectivity index (χ1) is 14.2. The zero-order valence-electron chi connectivity index (χ0n) is 17.5. The summed E-state index contributed by atoms with van der Waals surface area (Å²) in [7, 11) is 5.29. The van der Waals surface area contributed by atoms with Crippen LogP contribution in [0.4, 0.5) is 0 Å². The largest absolute Gasteiger partial charge is 0.507 e. The van der Waals surface area contributed by atoms with Crippen molar-refractivity contribution in [3.63, 3.8) is 0 Å². The summed E-state index contributed by atoms with van der Waals surface area (Å²) in [6.45, 7) is 2.91. The minimum absolute atomic E-state index is 0.0591. The molecule has 158 valence electrons. The molecule has 6 nitrogen and oxygen atoms in total. The lowest BCUT2D eigenvalue weighted by atomic mass is 9.94. The van der Waals surface area contributed by atoms with Gasteiger partial charge in [0.2, 0.25) is 0 Å². The Morgan fingerprint density at radius 2 is 1.83 bits per heavy atom. The Bertz CT molecular complexity index is 999. The minimum atomic E-state index is -0.705. The van der Waals surface area contributed by atoms with Crippen LogP contribution in [0.2, 0.25) is 5.02 Å². The Morgan fingerprint density at radius 1 is 1.17 bits per heavy atom. The Kier molecular flexibility index (Phi) is 6.48. The van der Waals surface area contributed by atoms with Gasteiger partial charge in [0, 0.05) is 18.7 Å². The van der Waals surface area contributed by atoms with E-state index in [9.17, 15) is 14.7 Å². The molecule has 2 aromatic carbocycles. The van der Waals surface area contributed by atoms with Gasteiger partial charge in [0.25, 0.3) is 11.7 Å². The van der Waals surface area contributed by atoms with E-state index in [1.54, 1.807) is 12.1 Å². The summed E-state index contributed by atoms with van der Waals surface area (Å²) in [6.07, 6.45) is 0. The van der Waals surface area contributed by atoms with Crippen molar-refractivity contribution in [3.05, 3.63) is 69.8 Å². The van der Waals surface area contributed by atoms with Crippen LogP contribution in [0.3, 0.4) is 0 Å². The molecule has 1 N–H and O–H groups in total. The summed E-state index contributed by atoms with van der Waals surface area (Å²) in [5.74, 6) is -1.13. The van der Waals surface area contributed by atoms with E-state index in [2.05, 4.69) is 0 Å². The highest BCUT2D eigenvalue weighted by atomic mass is 35.5. The highest BCUT2D eigenvalue weighted by Gasteiger charge is 2.45. The summed E-state index contributed by atoms with van der Waals surface area (Å²) >= 11 is 6.20. The monoisotopic (exact) mass is 428 g/mol. The number of carbonyl (C=O) groups is 2.